The van der Waals surface area contributed by atoms with Gasteiger partial charge in [-0.1, -0.05) is 48.5 Å². The first kappa shape index (κ1) is 26.5. The van der Waals surface area contributed by atoms with Crippen molar-refractivity contribution in [1.29, 1.82) is 0 Å². The molecule has 1 amide bonds. The Morgan fingerprint density at radius 3 is 1.85 bits per heavy atom. The van der Waals surface area contributed by atoms with Crippen molar-refractivity contribution in [2.75, 3.05) is 24.6 Å². The van der Waals surface area contributed by atoms with E-state index >= 15 is 0 Å². The Bertz CT molecular complexity index is 959. The molecule has 1 fully saturated rings. The summed E-state index contributed by atoms with van der Waals surface area (Å²) in [5, 5.41) is 14.8. The van der Waals surface area contributed by atoms with Gasteiger partial charge in [0, 0.05) is 32.2 Å². The van der Waals surface area contributed by atoms with Gasteiger partial charge < -0.3 is 14.9 Å². The van der Waals surface area contributed by atoms with Crippen molar-refractivity contribution in [3.05, 3.63) is 66.2 Å². The number of rotatable bonds is 6. The number of amides is 1. The summed E-state index contributed by atoms with van der Waals surface area (Å²) in [5.74, 6) is -4.10. The third-order valence-corrected chi connectivity index (χ3v) is 5.53. The van der Waals surface area contributed by atoms with Crippen LogP contribution in [0.1, 0.15) is 32.3 Å². The number of benzene rings is 2. The predicted octanol–water partition coefficient (Wildman–Crippen LogP) is 2.79. The molecule has 0 aliphatic carbocycles. The van der Waals surface area contributed by atoms with Crippen LogP contribution in [-0.4, -0.2) is 64.2 Å². The molecule has 9 nitrogen and oxygen atoms in total. The summed E-state index contributed by atoms with van der Waals surface area (Å²) in [6.45, 7) is 5.91. The zero-order chi connectivity index (χ0) is 25.1. The number of carbonyl (C=O) groups excluding carboxylic acids is 2. The van der Waals surface area contributed by atoms with E-state index in [1.165, 1.54) is 12.5 Å². The summed E-state index contributed by atoms with van der Waals surface area (Å²) < 4.78 is 5.44. The van der Waals surface area contributed by atoms with Crippen LogP contribution in [0.2, 0.25) is 0 Å². The van der Waals surface area contributed by atoms with Crippen LogP contribution >= 0.6 is 0 Å². The molecular formula is C25H30N2O7. The Labute approximate surface area is 198 Å². The van der Waals surface area contributed by atoms with E-state index in [-0.39, 0.29) is 11.9 Å². The minimum absolute atomic E-state index is 0.143. The lowest BCUT2D eigenvalue weighted by molar-refractivity contribution is -0.159. The summed E-state index contributed by atoms with van der Waals surface area (Å²) in [6, 6.07) is 19.7. The highest BCUT2D eigenvalue weighted by Gasteiger charge is 2.49. The maximum absolute atomic E-state index is 13.1. The van der Waals surface area contributed by atoms with E-state index in [4.69, 9.17) is 24.5 Å². The van der Waals surface area contributed by atoms with Crippen molar-refractivity contribution in [2.24, 2.45) is 0 Å². The van der Waals surface area contributed by atoms with Crippen molar-refractivity contribution in [1.82, 2.24) is 4.90 Å². The van der Waals surface area contributed by atoms with Crippen LogP contribution in [0.3, 0.4) is 0 Å². The summed E-state index contributed by atoms with van der Waals surface area (Å²) in [5.41, 5.74) is 1.02. The minimum atomic E-state index is -1.82. The molecule has 2 N–H and O–H groups in total. The van der Waals surface area contributed by atoms with Gasteiger partial charge in [0.2, 0.25) is 5.91 Å². The number of likely N-dealkylation sites (tertiary alicyclic amines) is 1. The van der Waals surface area contributed by atoms with Gasteiger partial charge in [-0.3, -0.25) is 14.6 Å². The fourth-order valence-electron chi connectivity index (χ4n) is 4.01. The topological polar surface area (TPSA) is 124 Å². The molecule has 34 heavy (non-hydrogen) atoms. The maximum Gasteiger partial charge on any atom is 0.414 e. The summed E-state index contributed by atoms with van der Waals surface area (Å²) in [4.78, 5) is 47.9. The monoisotopic (exact) mass is 470 g/mol. The van der Waals surface area contributed by atoms with E-state index < -0.39 is 17.5 Å². The number of carboxylic acid groups (broad SMARTS) is 2. The summed E-state index contributed by atoms with van der Waals surface area (Å²) in [6.07, 6.45) is 1.10. The number of carboxylic acids is 2. The van der Waals surface area contributed by atoms with Crippen molar-refractivity contribution in [3.8, 4) is 0 Å². The number of hydrogen-bond donors (Lipinski definition) is 2. The van der Waals surface area contributed by atoms with E-state index in [1.807, 2.05) is 48.5 Å². The third kappa shape index (κ3) is 6.89. The average molecular weight is 471 g/mol. The van der Waals surface area contributed by atoms with Crippen molar-refractivity contribution < 1.29 is 34.1 Å². The van der Waals surface area contributed by atoms with Gasteiger partial charge in [0.25, 0.3) is 0 Å². The molecule has 0 saturated carbocycles. The molecule has 0 bridgehead atoms. The quantitative estimate of drug-likeness (QED) is 0.488. The van der Waals surface area contributed by atoms with E-state index in [0.29, 0.717) is 19.4 Å². The normalized spacial score (nSPS) is 14.8. The first-order valence-electron chi connectivity index (χ1n) is 11.0. The number of aliphatic carboxylic acids is 2. The van der Waals surface area contributed by atoms with Crippen LogP contribution in [0.5, 0.6) is 0 Å². The second-order valence-electron chi connectivity index (χ2n) is 7.81. The molecule has 182 valence electrons. The van der Waals surface area contributed by atoms with Crippen molar-refractivity contribution >= 4 is 29.5 Å². The highest BCUT2D eigenvalue weighted by Crippen LogP contribution is 2.35. The van der Waals surface area contributed by atoms with Crippen LogP contribution < -0.4 is 4.90 Å². The Morgan fingerprint density at radius 1 is 0.912 bits per heavy atom. The van der Waals surface area contributed by atoms with Crippen LogP contribution in [0.25, 0.3) is 0 Å². The molecule has 0 radical (unpaired) electrons. The second kappa shape index (κ2) is 12.5. The fourth-order valence-corrected chi connectivity index (χ4v) is 4.01. The molecule has 0 spiro atoms. The van der Waals surface area contributed by atoms with Crippen LogP contribution in [0, 0.1) is 0 Å². The molecule has 2 aromatic carbocycles. The third-order valence-electron chi connectivity index (χ3n) is 5.53. The first-order chi connectivity index (χ1) is 16.2. The highest BCUT2D eigenvalue weighted by atomic mass is 16.5. The molecule has 2 aromatic rings. The van der Waals surface area contributed by atoms with Gasteiger partial charge in [0.15, 0.2) is 0 Å². The molecule has 9 heteroatoms. The lowest BCUT2D eigenvalue weighted by Crippen LogP contribution is -2.62. The molecule has 1 saturated heterocycles. The van der Waals surface area contributed by atoms with Gasteiger partial charge in [0.05, 0.1) is 6.61 Å². The number of carbonyl (C=O) groups is 4. The van der Waals surface area contributed by atoms with Crippen LogP contribution in [0.4, 0.5) is 5.69 Å². The summed E-state index contributed by atoms with van der Waals surface area (Å²) >= 11 is 0. The molecule has 1 aliphatic heterocycles. The van der Waals surface area contributed by atoms with E-state index in [0.717, 1.165) is 25.3 Å². The summed E-state index contributed by atoms with van der Waals surface area (Å²) in [7, 11) is 0. The lowest BCUT2D eigenvalue weighted by Gasteiger charge is -2.46. The molecule has 3 rings (SSSR count). The predicted molar refractivity (Wildman–Crippen MR) is 125 cm³/mol. The SMILES string of the molecule is CCOC(=O)C1(N(C(C)=O)c2ccccc2)CCN(Cc2ccccc2)CC1.O=C(O)C(=O)O. The fraction of sp³-hybridized carbons (Fsp3) is 0.360. The number of anilines is 1. The number of ether oxygens (including phenoxy) is 1. The van der Waals surface area contributed by atoms with E-state index in [1.54, 1.807) is 11.8 Å². The van der Waals surface area contributed by atoms with Gasteiger partial charge in [0.1, 0.15) is 5.54 Å². The molecule has 0 aromatic heterocycles. The van der Waals surface area contributed by atoms with Gasteiger partial charge >= 0.3 is 17.9 Å². The van der Waals surface area contributed by atoms with E-state index in [9.17, 15) is 9.59 Å². The number of piperidine rings is 1. The van der Waals surface area contributed by atoms with E-state index in [2.05, 4.69) is 17.0 Å². The van der Waals surface area contributed by atoms with Crippen LogP contribution in [0.15, 0.2) is 60.7 Å². The first-order valence-corrected chi connectivity index (χ1v) is 11.0. The highest BCUT2D eigenvalue weighted by molar-refractivity contribution is 6.27. The van der Waals surface area contributed by atoms with Crippen LogP contribution in [-0.2, 0) is 30.5 Å². The molecule has 0 atom stereocenters. The molecular weight excluding hydrogens is 440 g/mol. The number of para-hydroxylation sites is 1. The van der Waals surface area contributed by atoms with Crippen molar-refractivity contribution in [2.45, 2.75) is 38.8 Å². The standard InChI is InChI=1S/C23H28N2O3.C2H2O4/c1-3-28-22(27)23(25(19(2)26)21-12-8-5-9-13-21)14-16-24(17-15-23)18-20-10-6-4-7-11-20;3-1(4)2(5)6/h4-13H,3,14-18H2,1-2H3;(H,3,4)(H,5,6). The Morgan fingerprint density at radius 2 is 1.41 bits per heavy atom. The molecule has 1 aliphatic rings. The number of esters is 1. The smallest absolute Gasteiger partial charge is 0.414 e. The van der Waals surface area contributed by atoms with Gasteiger partial charge in [-0.15, -0.1) is 0 Å². The zero-order valence-corrected chi connectivity index (χ0v) is 19.3. The van der Waals surface area contributed by atoms with Gasteiger partial charge in [-0.25, -0.2) is 14.4 Å². The zero-order valence-electron chi connectivity index (χ0n) is 19.3. The Balaban J connectivity index is 0.000000604. The molecule has 1 heterocycles. The average Bonchev–Trinajstić information content (AvgIpc) is 2.82. The van der Waals surface area contributed by atoms with Gasteiger partial charge in [-0.2, -0.15) is 0 Å². The number of hydrogen-bond acceptors (Lipinski definition) is 6. The Kier molecular flexibility index (Phi) is 9.76. The largest absolute Gasteiger partial charge is 0.473 e. The minimum Gasteiger partial charge on any atom is -0.473 e. The Hall–Kier alpha value is -3.72. The van der Waals surface area contributed by atoms with Gasteiger partial charge in [-0.05, 0) is 37.5 Å². The second-order valence-corrected chi connectivity index (χ2v) is 7.81. The van der Waals surface area contributed by atoms with Crippen molar-refractivity contribution in [3.63, 3.8) is 0 Å². The number of nitrogens with zero attached hydrogens (tertiary/aromatic N) is 2. The lowest BCUT2D eigenvalue weighted by atomic mass is 9.84. The maximum atomic E-state index is 13.1. The molecule has 0 unspecified atom stereocenters.